The van der Waals surface area contributed by atoms with Gasteiger partial charge < -0.3 is 21.7 Å². The molecule has 39 heavy (non-hydrogen) atoms. The molecule has 0 bridgehead atoms. The van der Waals surface area contributed by atoms with Gasteiger partial charge in [-0.25, -0.2) is 5.26 Å². The Balaban J connectivity index is 0. The maximum atomic E-state index is 10.3. The van der Waals surface area contributed by atoms with Gasteiger partial charge in [0.15, 0.2) is 8.32 Å². The van der Waals surface area contributed by atoms with Crippen molar-refractivity contribution in [2.75, 3.05) is 7.11 Å². The Labute approximate surface area is 252 Å². The van der Waals surface area contributed by atoms with Crippen molar-refractivity contribution in [1.82, 2.24) is 0 Å². The summed E-state index contributed by atoms with van der Waals surface area (Å²) in [5.74, 6) is 0. The number of hydrogen-bond acceptors (Lipinski definition) is 5. The van der Waals surface area contributed by atoms with E-state index in [2.05, 4.69) is 81.7 Å². The molecular weight excluding hydrogens is 596 g/mol. The Morgan fingerprint density at radius 1 is 0.897 bits per heavy atom. The van der Waals surface area contributed by atoms with E-state index in [9.17, 15) is 5.11 Å². The molecule has 0 aliphatic heterocycles. The first-order valence-electron chi connectivity index (χ1n) is 12.5. The molecule has 0 fully saturated rings. The molecule has 0 saturated heterocycles. The predicted octanol–water partition coefficient (Wildman–Crippen LogP) is 7.77. The van der Waals surface area contributed by atoms with Gasteiger partial charge in [-0.05, 0) is 36.7 Å². The third-order valence-corrected chi connectivity index (χ3v) is 8.16. The second kappa shape index (κ2) is 27.3. The van der Waals surface area contributed by atoms with Crippen molar-refractivity contribution in [2.24, 2.45) is 0 Å². The molecule has 1 unspecified atom stereocenters. The second-order valence-corrected chi connectivity index (χ2v) is 13.2. The zero-order valence-corrected chi connectivity index (χ0v) is 26.2. The minimum atomic E-state index is -1.51. The largest absolute Gasteiger partial charge is 0.319 e. The molecule has 218 valence electrons. The van der Waals surface area contributed by atoms with Gasteiger partial charge in [-0.3, -0.25) is 30.7 Å². The van der Waals surface area contributed by atoms with E-state index in [0.29, 0.717) is 0 Å². The van der Waals surface area contributed by atoms with Crippen molar-refractivity contribution in [3.8, 4) is 17.2 Å². The second-order valence-electron chi connectivity index (χ2n) is 8.76. The van der Waals surface area contributed by atoms with Crippen molar-refractivity contribution in [1.29, 1.82) is 5.26 Å². The monoisotopic (exact) mass is 635 g/mol. The summed E-state index contributed by atoms with van der Waals surface area (Å²) in [7, 11) is 0.282. The zero-order valence-electron chi connectivity index (χ0n) is 23.1. The summed E-state index contributed by atoms with van der Waals surface area (Å²) in [5, 5.41) is 18.3. The molecule has 3 aromatic carbocycles. The molecule has 0 saturated carbocycles. The smallest absolute Gasteiger partial charge is 0.288 e. The summed E-state index contributed by atoms with van der Waals surface area (Å²) in [5.41, 5.74) is 3.33. The topological polar surface area (TPSA) is 87.4 Å². The Morgan fingerprint density at radius 3 is 1.82 bits per heavy atom. The van der Waals surface area contributed by atoms with Crippen LogP contribution in [0.4, 0.5) is 0 Å². The van der Waals surface area contributed by atoms with E-state index < -0.39 is 8.32 Å². The normalized spacial score (nSPS) is 10.2. The third kappa shape index (κ3) is 21.3. The number of nitrogens with zero attached hydrogens (tertiary/aromatic N) is 1. The van der Waals surface area contributed by atoms with Crippen LogP contribution < -0.4 is 0 Å². The molecule has 0 radical (unpaired) electrons. The van der Waals surface area contributed by atoms with Gasteiger partial charge in [0.25, 0.3) is 0 Å². The van der Waals surface area contributed by atoms with Gasteiger partial charge in [0.2, 0.25) is 0 Å². The van der Waals surface area contributed by atoms with Gasteiger partial charge in [0.1, 0.15) is 0 Å². The molecule has 0 aliphatic rings. The first-order chi connectivity index (χ1) is 18.9. The number of unbranched alkanes of at least 4 members (excludes halogenated alkanes) is 3. The van der Waals surface area contributed by atoms with Crippen molar-refractivity contribution in [3.63, 3.8) is 0 Å². The molecule has 5 nitrogen and oxygen atoms in total. The molecule has 3 rings (SSSR count). The molecule has 0 amide bonds. The van der Waals surface area contributed by atoms with Crippen LogP contribution in [0.5, 0.6) is 0 Å². The molecule has 1 N–H and O–H groups in total. The summed E-state index contributed by atoms with van der Waals surface area (Å²) in [4.78, 5) is 0. The fourth-order valence-electron chi connectivity index (χ4n) is 3.14. The van der Waals surface area contributed by atoms with E-state index in [1.165, 1.54) is 12.0 Å². The summed E-state index contributed by atoms with van der Waals surface area (Å²) >= 11 is 4.62. The van der Waals surface area contributed by atoms with Crippen LogP contribution in [0.15, 0.2) is 72.8 Å². The van der Waals surface area contributed by atoms with Gasteiger partial charge in [0, 0.05) is 7.11 Å². The van der Waals surface area contributed by atoms with Crippen LogP contribution in [0.1, 0.15) is 50.7 Å². The van der Waals surface area contributed by atoms with E-state index in [1.807, 2.05) is 66.7 Å². The molecule has 8 heteroatoms. The average Bonchev–Trinajstić information content (AvgIpc) is 3.01. The van der Waals surface area contributed by atoms with E-state index in [4.69, 9.17) is 17.4 Å². The molecular formula is C31H39Co2NO4Si-4. The summed E-state index contributed by atoms with van der Waals surface area (Å²) in [6.07, 6.45) is 6.33. The van der Waals surface area contributed by atoms with Gasteiger partial charge in [-0.1, -0.05) is 50.5 Å². The van der Waals surface area contributed by atoms with Gasteiger partial charge in [-0.15, -0.1) is 11.6 Å². The number of nitriles is 1. The Bertz CT molecular complexity index is 943. The fourth-order valence-corrected chi connectivity index (χ4v) is 4.40. The third-order valence-electron chi connectivity index (χ3n) is 5.50. The van der Waals surface area contributed by atoms with E-state index in [0.717, 1.165) is 42.9 Å². The van der Waals surface area contributed by atoms with Crippen molar-refractivity contribution < 1.29 is 48.6 Å². The summed E-state index contributed by atoms with van der Waals surface area (Å²) in [6, 6.07) is 35.2. The van der Waals surface area contributed by atoms with E-state index in [1.54, 1.807) is 13.5 Å². The van der Waals surface area contributed by atoms with Crippen molar-refractivity contribution in [3.05, 3.63) is 103 Å². The van der Waals surface area contributed by atoms with Crippen molar-refractivity contribution in [2.45, 2.75) is 64.3 Å². The maximum Gasteiger partial charge on any atom is -0.288 e. The minimum absolute atomic E-state index is 0.389. The van der Waals surface area contributed by atoms with Crippen LogP contribution in [0.2, 0.25) is 19.1 Å². The Kier molecular flexibility index (Phi) is 27.3. The zero-order chi connectivity index (χ0) is 29.8. The SMILES string of the molecule is CCCC[CH-]C#N.CO[Si](C)(C)CCCC(O)c1ccc(-c2cc[c-]cc2)cc1.[O]=[Co].[O]=[Co].[c-]1cc[c-]cc1. The van der Waals surface area contributed by atoms with Gasteiger partial charge in [0.05, 0.1) is 6.10 Å². The van der Waals surface area contributed by atoms with Crippen LogP contribution in [0.3, 0.4) is 0 Å². The Hall–Kier alpha value is -2.23. The number of benzene rings is 3. The molecule has 1 atom stereocenters. The van der Waals surface area contributed by atoms with Crippen molar-refractivity contribution >= 4 is 8.32 Å². The molecule has 3 aromatic rings. The van der Waals surface area contributed by atoms with Gasteiger partial charge in [-0.2, -0.15) is 36.8 Å². The minimum Gasteiger partial charge on any atom is -0.319 e. The molecule has 0 spiro atoms. The molecule has 0 aromatic heterocycles. The quantitative estimate of drug-likeness (QED) is 0.140. The first kappa shape index (κ1) is 38.9. The number of hydrogen-bond donors (Lipinski definition) is 1. The number of rotatable bonds is 10. The van der Waals surface area contributed by atoms with E-state index >= 15 is 0 Å². The van der Waals surface area contributed by atoms with Gasteiger partial charge >= 0.3 is 39.1 Å². The standard InChI is InChI=1S/C19H25O2Si.C6H10N.C6H4.2Co.2O/c1-21-22(2,3)15-7-10-19(20)18-13-11-17(12-14-18)16-8-5-4-6-9-16;1-2-3-4-5-6-7;1-2-4-6-5-3-1;;;;/h5-6,8-9,11-14,19-20H,7,10,15H2,1-3H3;5H,2-4H2,1H3;1-2,5-6H;;;;/q2*-1;-2;;;;. The first-order valence-corrected chi connectivity index (χ1v) is 16.5. The van der Waals surface area contributed by atoms with Crippen LogP contribution in [-0.2, 0) is 43.5 Å². The van der Waals surface area contributed by atoms with Crippen LogP contribution in [0.25, 0.3) is 11.1 Å². The molecule has 0 heterocycles. The fraction of sp³-hybridized carbons (Fsp3) is 0.355. The number of aliphatic hydroxyl groups excluding tert-OH is 1. The average molecular weight is 636 g/mol. The number of aliphatic hydroxyl groups is 1. The van der Waals surface area contributed by atoms with Crippen LogP contribution >= 0.6 is 0 Å². The maximum absolute atomic E-state index is 10.3. The summed E-state index contributed by atoms with van der Waals surface area (Å²) < 4.78 is 21.4. The van der Waals surface area contributed by atoms with Crippen LogP contribution in [-0.4, -0.2) is 20.5 Å². The van der Waals surface area contributed by atoms with Crippen LogP contribution in [0, 0.1) is 36.0 Å². The van der Waals surface area contributed by atoms with E-state index in [-0.39, 0.29) is 6.10 Å². The predicted molar refractivity (Wildman–Crippen MR) is 149 cm³/mol. The summed E-state index contributed by atoms with van der Waals surface area (Å²) in [6.45, 7) is 6.54. The molecule has 0 aliphatic carbocycles. The Morgan fingerprint density at radius 2 is 1.38 bits per heavy atom.